The van der Waals surface area contributed by atoms with E-state index in [0.29, 0.717) is 11.3 Å². The fourth-order valence-electron chi connectivity index (χ4n) is 2.40. The molecular weight excluding hydrogens is 406 g/mol. The number of amides is 2. The Morgan fingerprint density at radius 2 is 1.53 bits per heavy atom. The molecule has 0 heterocycles. The molecule has 0 unspecified atom stereocenters. The van der Waals surface area contributed by atoms with Crippen LogP contribution in [0.25, 0.3) is 0 Å². The van der Waals surface area contributed by atoms with Crippen LogP contribution in [-0.4, -0.2) is 44.4 Å². The average molecular weight is 434 g/mol. The second-order valence-corrected chi connectivity index (χ2v) is 9.97. The van der Waals surface area contributed by atoms with E-state index in [1.807, 2.05) is 0 Å². The van der Waals surface area contributed by atoms with Crippen molar-refractivity contribution in [3.63, 3.8) is 0 Å². The molecule has 0 atom stereocenters. The van der Waals surface area contributed by atoms with Crippen LogP contribution >= 0.6 is 0 Å². The van der Waals surface area contributed by atoms with Crippen molar-refractivity contribution in [2.75, 3.05) is 19.4 Å². The van der Waals surface area contributed by atoms with E-state index in [4.69, 9.17) is 4.74 Å². The zero-order valence-electron chi connectivity index (χ0n) is 17.7. The molecule has 2 amide bonds. The molecule has 0 aliphatic rings. The molecule has 2 N–H and O–H groups in total. The number of ether oxygens (including phenoxy) is 1. The molecule has 2 aromatic carbocycles. The van der Waals surface area contributed by atoms with Gasteiger partial charge in [0.05, 0.1) is 4.90 Å². The second-order valence-electron chi connectivity index (χ2n) is 7.82. The summed E-state index contributed by atoms with van der Waals surface area (Å²) in [7, 11) is -0.544. The van der Waals surface area contributed by atoms with Gasteiger partial charge in [-0.05, 0) is 62.7 Å². The van der Waals surface area contributed by atoms with Crippen molar-refractivity contribution in [1.82, 2.24) is 9.62 Å². The lowest BCUT2D eigenvalue weighted by Gasteiger charge is -2.19. The van der Waals surface area contributed by atoms with Gasteiger partial charge in [0.2, 0.25) is 10.0 Å². The molecular formula is C21H27N3O5S. The highest BCUT2D eigenvalue weighted by Crippen LogP contribution is 2.15. The van der Waals surface area contributed by atoms with E-state index < -0.39 is 21.7 Å². The number of hydrogen-bond donors (Lipinski definition) is 2. The maximum Gasteiger partial charge on any atom is 0.412 e. The molecule has 2 aromatic rings. The molecule has 0 saturated carbocycles. The summed E-state index contributed by atoms with van der Waals surface area (Å²) in [5.41, 5.74) is 1.11. The Morgan fingerprint density at radius 3 is 2.03 bits per heavy atom. The van der Waals surface area contributed by atoms with Gasteiger partial charge >= 0.3 is 6.09 Å². The molecule has 162 valence electrons. The Balaban J connectivity index is 1.93. The summed E-state index contributed by atoms with van der Waals surface area (Å²) in [6.07, 6.45) is -0.570. The van der Waals surface area contributed by atoms with Gasteiger partial charge in [-0.3, -0.25) is 10.1 Å². The molecule has 0 spiro atoms. The molecule has 0 radical (unpaired) electrons. The summed E-state index contributed by atoms with van der Waals surface area (Å²) in [6, 6.07) is 12.7. The van der Waals surface area contributed by atoms with Crippen molar-refractivity contribution in [2.24, 2.45) is 0 Å². The number of nitrogens with zero attached hydrogens (tertiary/aromatic N) is 1. The summed E-state index contributed by atoms with van der Waals surface area (Å²) < 4.78 is 30.5. The third-order valence-corrected chi connectivity index (χ3v) is 5.78. The van der Waals surface area contributed by atoms with E-state index >= 15 is 0 Å². The maximum atomic E-state index is 12.3. The van der Waals surface area contributed by atoms with Crippen LogP contribution in [0.5, 0.6) is 0 Å². The van der Waals surface area contributed by atoms with Crippen molar-refractivity contribution in [3.8, 4) is 0 Å². The van der Waals surface area contributed by atoms with E-state index in [0.717, 1.165) is 9.87 Å². The Hall–Kier alpha value is -2.91. The number of benzene rings is 2. The van der Waals surface area contributed by atoms with Gasteiger partial charge < -0.3 is 10.1 Å². The monoisotopic (exact) mass is 433 g/mol. The van der Waals surface area contributed by atoms with Crippen molar-refractivity contribution in [1.29, 1.82) is 0 Å². The van der Waals surface area contributed by atoms with Crippen LogP contribution in [0.2, 0.25) is 0 Å². The number of anilines is 1. The number of carbonyl (C=O) groups is 2. The van der Waals surface area contributed by atoms with Crippen LogP contribution in [0.15, 0.2) is 53.4 Å². The lowest BCUT2D eigenvalue weighted by molar-refractivity contribution is 0.0635. The number of hydrogen-bond acceptors (Lipinski definition) is 5. The smallest absolute Gasteiger partial charge is 0.412 e. The Labute approximate surface area is 177 Å². The molecule has 30 heavy (non-hydrogen) atoms. The van der Waals surface area contributed by atoms with Gasteiger partial charge in [0.1, 0.15) is 5.60 Å². The molecule has 0 bridgehead atoms. The molecule has 0 aliphatic carbocycles. The summed E-state index contributed by atoms with van der Waals surface area (Å²) in [4.78, 5) is 24.3. The quantitative estimate of drug-likeness (QED) is 0.728. The van der Waals surface area contributed by atoms with E-state index in [9.17, 15) is 18.0 Å². The highest BCUT2D eigenvalue weighted by atomic mass is 32.2. The number of carbonyl (C=O) groups excluding carboxylic acids is 2. The van der Waals surface area contributed by atoms with E-state index in [-0.39, 0.29) is 17.3 Å². The fourth-order valence-corrected chi connectivity index (χ4v) is 3.30. The third kappa shape index (κ3) is 6.57. The fraction of sp³-hybridized carbons (Fsp3) is 0.333. The van der Waals surface area contributed by atoms with Crippen molar-refractivity contribution >= 4 is 27.7 Å². The topological polar surface area (TPSA) is 105 Å². The lowest BCUT2D eigenvalue weighted by Crippen LogP contribution is -2.27. The Kier molecular flexibility index (Phi) is 7.22. The summed E-state index contributed by atoms with van der Waals surface area (Å²) in [5, 5.41) is 5.38. The highest BCUT2D eigenvalue weighted by molar-refractivity contribution is 7.89. The van der Waals surface area contributed by atoms with Crippen LogP contribution in [0.1, 0.15) is 36.7 Å². The minimum absolute atomic E-state index is 0.190. The summed E-state index contributed by atoms with van der Waals surface area (Å²) in [5.74, 6) is -0.288. The number of nitrogens with one attached hydrogen (secondary N) is 2. The van der Waals surface area contributed by atoms with Crippen molar-refractivity contribution < 1.29 is 22.7 Å². The lowest BCUT2D eigenvalue weighted by atomic mass is 10.1. The van der Waals surface area contributed by atoms with Crippen LogP contribution in [-0.2, 0) is 21.3 Å². The summed E-state index contributed by atoms with van der Waals surface area (Å²) in [6.45, 7) is 5.57. The first kappa shape index (κ1) is 23.4. The molecule has 0 aromatic heterocycles. The molecule has 9 heteroatoms. The number of sulfonamides is 1. The van der Waals surface area contributed by atoms with Gasteiger partial charge in [-0.25, -0.2) is 17.5 Å². The largest absolute Gasteiger partial charge is 0.444 e. The van der Waals surface area contributed by atoms with Gasteiger partial charge in [0.15, 0.2) is 0 Å². The van der Waals surface area contributed by atoms with Gasteiger partial charge in [0, 0.05) is 31.9 Å². The first-order valence-electron chi connectivity index (χ1n) is 9.28. The van der Waals surface area contributed by atoms with Crippen molar-refractivity contribution in [3.05, 3.63) is 59.7 Å². The normalized spacial score (nSPS) is 11.8. The molecule has 0 fully saturated rings. The molecule has 2 rings (SSSR count). The van der Waals surface area contributed by atoms with Crippen molar-refractivity contribution in [2.45, 2.75) is 37.8 Å². The van der Waals surface area contributed by atoms with Crippen LogP contribution in [0.3, 0.4) is 0 Å². The molecule has 0 aliphatic heterocycles. The third-order valence-electron chi connectivity index (χ3n) is 3.95. The van der Waals surface area contributed by atoms with Crippen LogP contribution < -0.4 is 10.6 Å². The average Bonchev–Trinajstić information content (AvgIpc) is 2.65. The maximum absolute atomic E-state index is 12.3. The van der Waals surface area contributed by atoms with Gasteiger partial charge in [-0.1, -0.05) is 12.1 Å². The summed E-state index contributed by atoms with van der Waals surface area (Å²) >= 11 is 0. The van der Waals surface area contributed by atoms with E-state index in [1.165, 1.54) is 26.2 Å². The first-order chi connectivity index (χ1) is 13.9. The molecule has 0 saturated heterocycles. The Bertz CT molecular complexity index is 992. The minimum atomic E-state index is -3.48. The highest BCUT2D eigenvalue weighted by Gasteiger charge is 2.17. The Morgan fingerprint density at radius 1 is 0.967 bits per heavy atom. The SMILES string of the molecule is CN(C)S(=O)(=O)c1ccc(CNC(=O)c2ccc(NC(=O)OC(C)(C)C)cc2)cc1. The zero-order chi connectivity index (χ0) is 22.5. The predicted molar refractivity (Wildman–Crippen MR) is 115 cm³/mol. The molecule has 8 nitrogen and oxygen atoms in total. The van der Waals surface area contributed by atoms with E-state index in [2.05, 4.69) is 10.6 Å². The first-order valence-corrected chi connectivity index (χ1v) is 10.7. The zero-order valence-corrected chi connectivity index (χ0v) is 18.5. The van der Waals surface area contributed by atoms with E-state index in [1.54, 1.807) is 57.2 Å². The standard InChI is InChI=1S/C21H27N3O5S/c1-21(2,3)29-20(26)23-17-10-8-16(9-11-17)19(25)22-14-15-6-12-18(13-7-15)30(27,28)24(4)5/h6-13H,14H2,1-5H3,(H,22,25)(H,23,26). The van der Waals surface area contributed by atoms with Gasteiger partial charge in [0.25, 0.3) is 5.91 Å². The number of rotatable bonds is 6. The van der Waals surface area contributed by atoms with Gasteiger partial charge in [-0.2, -0.15) is 0 Å². The van der Waals surface area contributed by atoms with Crippen LogP contribution in [0.4, 0.5) is 10.5 Å². The minimum Gasteiger partial charge on any atom is -0.444 e. The van der Waals surface area contributed by atoms with Crippen LogP contribution in [0, 0.1) is 0 Å². The van der Waals surface area contributed by atoms with Gasteiger partial charge in [-0.15, -0.1) is 0 Å². The second kappa shape index (κ2) is 9.27. The predicted octanol–water partition coefficient (Wildman–Crippen LogP) is 3.21.